The highest BCUT2D eigenvalue weighted by molar-refractivity contribution is 7.99. The molecule has 0 aliphatic carbocycles. The number of hydrogen-bond acceptors (Lipinski definition) is 6. The lowest BCUT2D eigenvalue weighted by Crippen LogP contribution is -2.16. The summed E-state index contributed by atoms with van der Waals surface area (Å²) in [4.78, 5) is 20.4. The molecule has 0 unspecified atom stereocenters. The average Bonchev–Trinajstić information content (AvgIpc) is 2.71. The number of thioether (sulfide) groups is 1. The molecule has 1 amide bonds. The first kappa shape index (κ1) is 25.6. The van der Waals surface area contributed by atoms with Crippen LogP contribution in [0.2, 0.25) is 15.1 Å². The Bertz CT molecular complexity index is 1270. The molecule has 0 radical (unpaired) electrons. The molecule has 12 heteroatoms. The Morgan fingerprint density at radius 3 is 2.18 bits per heavy atom. The number of anilines is 2. The summed E-state index contributed by atoms with van der Waals surface area (Å²) < 4.78 is 27.6. The van der Waals surface area contributed by atoms with Crippen LogP contribution in [-0.2, 0) is 20.6 Å². The van der Waals surface area contributed by atoms with Gasteiger partial charge in [-0.25, -0.2) is 23.1 Å². The quantitative estimate of drug-likeness (QED) is 0.351. The smallest absolute Gasteiger partial charge is 0.264 e. The molecule has 0 saturated heterocycles. The third-order valence-electron chi connectivity index (χ3n) is 4.24. The van der Waals surface area contributed by atoms with Gasteiger partial charge in [0.2, 0.25) is 11.9 Å². The lowest BCUT2D eigenvalue weighted by Gasteiger charge is -2.10. The number of halogens is 3. The zero-order valence-corrected chi connectivity index (χ0v) is 21.4. The molecule has 2 N–H and O–H groups in total. The van der Waals surface area contributed by atoms with Crippen molar-refractivity contribution in [1.29, 1.82) is 0 Å². The maximum atomic E-state index is 12.6. The predicted octanol–water partition coefficient (Wildman–Crippen LogP) is 5.73. The number of rotatable bonds is 8. The number of aromatic nitrogens is 2. The van der Waals surface area contributed by atoms with E-state index < -0.39 is 10.0 Å². The van der Waals surface area contributed by atoms with E-state index in [2.05, 4.69) is 20.0 Å². The van der Waals surface area contributed by atoms with Gasteiger partial charge < -0.3 is 5.32 Å². The van der Waals surface area contributed by atoms with Crippen molar-refractivity contribution in [3.8, 4) is 0 Å². The van der Waals surface area contributed by atoms with Gasteiger partial charge in [0.25, 0.3) is 10.0 Å². The summed E-state index contributed by atoms with van der Waals surface area (Å²) in [6.45, 7) is 3.50. The molecule has 0 bridgehead atoms. The number of amides is 1. The Morgan fingerprint density at radius 2 is 1.55 bits per heavy atom. The van der Waals surface area contributed by atoms with E-state index in [1.54, 1.807) is 32.0 Å². The maximum Gasteiger partial charge on any atom is 0.264 e. The van der Waals surface area contributed by atoms with E-state index >= 15 is 0 Å². The monoisotopic (exact) mass is 544 g/mol. The Hall–Kier alpha value is -2.04. The largest absolute Gasteiger partial charge is 0.325 e. The molecule has 3 rings (SSSR count). The number of aryl methyl sites for hydroxylation is 2. The third-order valence-corrected chi connectivity index (χ3v) is 7.64. The second-order valence-corrected chi connectivity index (χ2v) is 10.9. The molecule has 3 aromatic rings. The van der Waals surface area contributed by atoms with Crippen LogP contribution in [-0.4, -0.2) is 30.0 Å². The van der Waals surface area contributed by atoms with Gasteiger partial charge in [-0.2, -0.15) is 0 Å². The van der Waals surface area contributed by atoms with Crippen LogP contribution in [0.3, 0.4) is 0 Å². The minimum Gasteiger partial charge on any atom is -0.325 e. The second kappa shape index (κ2) is 10.9. The fourth-order valence-corrected chi connectivity index (χ4v) is 5.27. The Morgan fingerprint density at radius 1 is 0.939 bits per heavy atom. The molecule has 0 fully saturated rings. The van der Waals surface area contributed by atoms with Crippen LogP contribution in [0.25, 0.3) is 0 Å². The van der Waals surface area contributed by atoms with Crippen LogP contribution in [0, 0.1) is 13.8 Å². The number of nitrogens with one attached hydrogen (secondary N) is 2. The highest BCUT2D eigenvalue weighted by atomic mass is 35.5. The summed E-state index contributed by atoms with van der Waals surface area (Å²) in [5.41, 5.74) is 2.55. The number of hydrogen-bond donors (Lipinski definition) is 2. The molecule has 1 aromatic heterocycles. The zero-order chi connectivity index (χ0) is 24.2. The minimum atomic E-state index is -3.87. The molecular formula is C21H19Cl3N4O3S2. The molecule has 1 heterocycles. The average molecular weight is 546 g/mol. The zero-order valence-electron chi connectivity index (χ0n) is 17.5. The van der Waals surface area contributed by atoms with Gasteiger partial charge in [0.1, 0.15) is 0 Å². The van der Waals surface area contributed by atoms with Crippen LogP contribution < -0.4 is 10.0 Å². The Kier molecular flexibility index (Phi) is 8.47. The second-order valence-electron chi connectivity index (χ2n) is 7.00. The molecule has 0 spiro atoms. The number of nitrogens with zero attached hydrogens (tertiary/aromatic N) is 2. The summed E-state index contributed by atoms with van der Waals surface area (Å²) in [5, 5.41) is 3.98. The highest BCUT2D eigenvalue weighted by Crippen LogP contribution is 2.31. The lowest BCUT2D eigenvalue weighted by molar-refractivity contribution is -0.113. The summed E-state index contributed by atoms with van der Waals surface area (Å²) in [7, 11) is -3.87. The van der Waals surface area contributed by atoms with Gasteiger partial charge in [-0.05, 0) is 61.9 Å². The van der Waals surface area contributed by atoms with E-state index in [9.17, 15) is 13.2 Å². The maximum absolute atomic E-state index is 12.6. The first-order valence-corrected chi connectivity index (χ1v) is 13.3. The van der Waals surface area contributed by atoms with Crippen LogP contribution >= 0.6 is 46.6 Å². The van der Waals surface area contributed by atoms with Crippen LogP contribution in [0.1, 0.15) is 17.0 Å². The standard InChI is InChI=1S/C21H19Cl3N4O3S2/c1-12-7-13(2)26-21(25-12)28-33(30,31)16-5-3-15(4-6-16)27-20(29)11-32-10-14-8-18(23)19(24)9-17(14)22/h3-9H,10-11H2,1-2H3,(H,27,29)(H,25,26,28). The van der Waals surface area contributed by atoms with Crippen molar-refractivity contribution in [3.63, 3.8) is 0 Å². The van der Waals surface area contributed by atoms with Crippen molar-refractivity contribution in [2.45, 2.75) is 24.5 Å². The van der Waals surface area contributed by atoms with E-state index in [4.69, 9.17) is 34.8 Å². The van der Waals surface area contributed by atoms with Gasteiger partial charge in [-0.15, -0.1) is 11.8 Å². The predicted molar refractivity (Wildman–Crippen MR) is 135 cm³/mol. The summed E-state index contributed by atoms with van der Waals surface area (Å²) in [6.07, 6.45) is 0. The Labute approximate surface area is 211 Å². The van der Waals surface area contributed by atoms with Crippen molar-refractivity contribution in [2.24, 2.45) is 0 Å². The molecule has 0 aliphatic rings. The minimum absolute atomic E-state index is 0.00369. The van der Waals surface area contributed by atoms with Gasteiger partial charge in [-0.3, -0.25) is 4.79 Å². The van der Waals surface area contributed by atoms with Gasteiger partial charge in [0.05, 0.1) is 20.7 Å². The van der Waals surface area contributed by atoms with Gasteiger partial charge in [0, 0.05) is 27.9 Å². The Balaban J connectivity index is 1.56. The molecule has 0 atom stereocenters. The lowest BCUT2D eigenvalue weighted by atomic mass is 10.2. The van der Waals surface area contributed by atoms with Crippen molar-refractivity contribution in [3.05, 3.63) is 74.5 Å². The first-order chi connectivity index (χ1) is 15.5. The first-order valence-electron chi connectivity index (χ1n) is 9.49. The molecule has 0 aliphatic heterocycles. The van der Waals surface area contributed by atoms with Crippen molar-refractivity contribution in [1.82, 2.24) is 9.97 Å². The van der Waals surface area contributed by atoms with Crippen LogP contribution in [0.5, 0.6) is 0 Å². The number of benzene rings is 2. The SMILES string of the molecule is Cc1cc(C)nc(NS(=O)(=O)c2ccc(NC(=O)CSCc3cc(Cl)c(Cl)cc3Cl)cc2)n1. The summed E-state index contributed by atoms with van der Waals surface area (Å²) in [6, 6.07) is 10.8. The van der Waals surface area contributed by atoms with Crippen molar-refractivity contribution < 1.29 is 13.2 Å². The van der Waals surface area contributed by atoms with Gasteiger partial charge in [-0.1, -0.05) is 34.8 Å². The van der Waals surface area contributed by atoms with Crippen LogP contribution in [0.4, 0.5) is 11.6 Å². The molecular weight excluding hydrogens is 527 g/mol. The molecule has 33 heavy (non-hydrogen) atoms. The molecule has 7 nitrogen and oxygen atoms in total. The topological polar surface area (TPSA) is 101 Å². The highest BCUT2D eigenvalue weighted by Gasteiger charge is 2.16. The number of sulfonamides is 1. The van der Waals surface area contributed by atoms with E-state index in [1.165, 1.54) is 36.0 Å². The summed E-state index contributed by atoms with van der Waals surface area (Å²) >= 11 is 19.4. The van der Waals surface area contributed by atoms with Gasteiger partial charge in [0.15, 0.2) is 0 Å². The van der Waals surface area contributed by atoms with E-state index in [-0.39, 0.29) is 22.5 Å². The molecule has 174 valence electrons. The van der Waals surface area contributed by atoms with Crippen molar-refractivity contribution in [2.75, 3.05) is 15.8 Å². The number of carbonyl (C=O) groups excluding carboxylic acids is 1. The van der Waals surface area contributed by atoms with Crippen LogP contribution in [0.15, 0.2) is 47.4 Å². The van der Waals surface area contributed by atoms with E-state index in [0.29, 0.717) is 37.9 Å². The number of carbonyl (C=O) groups is 1. The molecule has 2 aromatic carbocycles. The third kappa shape index (κ3) is 7.22. The van der Waals surface area contributed by atoms with E-state index in [1.807, 2.05) is 0 Å². The normalized spacial score (nSPS) is 11.3. The summed E-state index contributed by atoms with van der Waals surface area (Å²) in [5.74, 6) is 0.409. The van der Waals surface area contributed by atoms with Gasteiger partial charge >= 0.3 is 0 Å². The fraction of sp³-hybridized carbons (Fsp3) is 0.190. The van der Waals surface area contributed by atoms with Crippen molar-refractivity contribution >= 4 is 74.1 Å². The fourth-order valence-electron chi connectivity index (χ4n) is 2.79. The molecule has 0 saturated carbocycles. The van der Waals surface area contributed by atoms with E-state index in [0.717, 1.165) is 5.56 Å².